The van der Waals surface area contributed by atoms with E-state index in [4.69, 9.17) is 4.74 Å². The Labute approximate surface area is 141 Å². The molecule has 0 fully saturated rings. The second-order valence-electron chi connectivity index (χ2n) is 5.55. The highest BCUT2D eigenvalue weighted by Crippen LogP contribution is 2.09. The smallest absolute Gasteiger partial charge is 0.305 e. The van der Waals surface area contributed by atoms with Crippen molar-refractivity contribution in [3.63, 3.8) is 0 Å². The molecule has 1 unspecified atom stereocenters. The molecule has 0 spiro atoms. The monoisotopic (exact) mass is 330 g/mol. The number of unbranched alkanes of at least 4 members (excludes halogenated alkanes) is 3. The summed E-state index contributed by atoms with van der Waals surface area (Å²) in [6.45, 7) is 5.12. The van der Waals surface area contributed by atoms with E-state index in [-0.39, 0.29) is 5.97 Å². The molecule has 0 aromatic heterocycles. The number of esters is 1. The molecule has 0 aromatic rings. The molecule has 0 N–H and O–H groups in total. The fourth-order valence-electron chi connectivity index (χ4n) is 2.00. The molecule has 0 heterocycles. The maximum atomic E-state index is 10.9. The van der Waals surface area contributed by atoms with E-state index in [1.54, 1.807) is 0 Å². The van der Waals surface area contributed by atoms with Crippen molar-refractivity contribution in [2.24, 2.45) is 0 Å². The van der Waals surface area contributed by atoms with E-state index in [1.807, 2.05) is 11.8 Å². The van der Waals surface area contributed by atoms with Crippen LogP contribution in [0.1, 0.15) is 65.2 Å². The maximum absolute atomic E-state index is 10.9. The van der Waals surface area contributed by atoms with Crippen molar-refractivity contribution in [3.05, 3.63) is 12.2 Å². The lowest BCUT2D eigenvalue weighted by Gasteiger charge is -2.10. The largest absolute Gasteiger partial charge is 0.469 e. The van der Waals surface area contributed by atoms with Gasteiger partial charge < -0.3 is 9.47 Å². The zero-order valence-corrected chi connectivity index (χ0v) is 15.5. The van der Waals surface area contributed by atoms with Crippen LogP contribution < -0.4 is 0 Å². The van der Waals surface area contributed by atoms with E-state index in [9.17, 15) is 4.79 Å². The number of hydrogen-bond donors (Lipinski definition) is 0. The minimum absolute atomic E-state index is 0.104. The highest BCUT2D eigenvalue weighted by molar-refractivity contribution is 7.99. The summed E-state index contributed by atoms with van der Waals surface area (Å²) in [5.74, 6) is 2.09. The lowest BCUT2D eigenvalue weighted by Crippen LogP contribution is -2.07. The fourth-order valence-corrected chi connectivity index (χ4v) is 2.92. The summed E-state index contributed by atoms with van der Waals surface area (Å²) in [5.41, 5.74) is 0. The van der Waals surface area contributed by atoms with Crippen LogP contribution in [0.2, 0.25) is 0 Å². The normalized spacial score (nSPS) is 12.7. The van der Waals surface area contributed by atoms with E-state index < -0.39 is 0 Å². The first kappa shape index (κ1) is 21.5. The van der Waals surface area contributed by atoms with E-state index in [0.29, 0.717) is 12.5 Å². The molecule has 0 aliphatic rings. The maximum Gasteiger partial charge on any atom is 0.305 e. The molecular weight excluding hydrogens is 296 g/mol. The number of rotatable bonds is 15. The minimum Gasteiger partial charge on any atom is -0.469 e. The quantitative estimate of drug-likeness (QED) is 0.241. The van der Waals surface area contributed by atoms with Crippen molar-refractivity contribution in [2.45, 2.75) is 71.3 Å². The van der Waals surface area contributed by atoms with Crippen molar-refractivity contribution >= 4 is 17.7 Å². The highest BCUT2D eigenvalue weighted by Gasteiger charge is 2.00. The van der Waals surface area contributed by atoms with Crippen LogP contribution >= 0.6 is 11.8 Å². The Morgan fingerprint density at radius 3 is 2.64 bits per heavy atom. The second kappa shape index (κ2) is 16.9. The Morgan fingerprint density at radius 1 is 1.14 bits per heavy atom. The molecule has 0 radical (unpaired) electrons. The molecule has 0 aromatic carbocycles. The fraction of sp³-hybridized carbons (Fsp3) is 0.833. The molecule has 22 heavy (non-hydrogen) atoms. The standard InChI is InChI=1S/C18H34O3S/c1-4-5-8-12-17(2)21-14-9-6-7-10-15-22-16-11-13-18(19)20-3/h6,9,17H,4-5,7-8,10-16H2,1-3H3/b9-6-. The molecule has 0 aliphatic carbocycles. The van der Waals surface area contributed by atoms with Crippen LogP contribution in [0.25, 0.3) is 0 Å². The van der Waals surface area contributed by atoms with Crippen molar-refractivity contribution in [2.75, 3.05) is 25.2 Å². The lowest BCUT2D eigenvalue weighted by molar-refractivity contribution is -0.140. The van der Waals surface area contributed by atoms with Crippen LogP contribution in [0.5, 0.6) is 0 Å². The zero-order chi connectivity index (χ0) is 16.5. The van der Waals surface area contributed by atoms with Crippen LogP contribution in [0.15, 0.2) is 12.2 Å². The number of ether oxygens (including phenoxy) is 2. The summed E-state index contributed by atoms with van der Waals surface area (Å²) in [4.78, 5) is 10.9. The third-order valence-electron chi connectivity index (χ3n) is 3.41. The van der Waals surface area contributed by atoms with Gasteiger partial charge in [-0.15, -0.1) is 0 Å². The van der Waals surface area contributed by atoms with Gasteiger partial charge in [0.05, 0.1) is 19.8 Å². The van der Waals surface area contributed by atoms with Crippen molar-refractivity contribution in [3.8, 4) is 0 Å². The van der Waals surface area contributed by atoms with Crippen molar-refractivity contribution in [1.82, 2.24) is 0 Å². The van der Waals surface area contributed by atoms with E-state index >= 15 is 0 Å². The van der Waals surface area contributed by atoms with E-state index in [0.717, 1.165) is 31.0 Å². The zero-order valence-electron chi connectivity index (χ0n) is 14.6. The number of carbonyl (C=O) groups excluding carboxylic acids is 1. The van der Waals surface area contributed by atoms with Crippen molar-refractivity contribution < 1.29 is 14.3 Å². The van der Waals surface area contributed by atoms with Crippen molar-refractivity contribution in [1.29, 1.82) is 0 Å². The van der Waals surface area contributed by atoms with Gasteiger partial charge in [-0.3, -0.25) is 4.79 Å². The third-order valence-corrected chi connectivity index (χ3v) is 4.57. The summed E-state index contributed by atoms with van der Waals surface area (Å²) in [7, 11) is 1.44. The molecule has 3 nitrogen and oxygen atoms in total. The SMILES string of the molecule is CCCCCC(C)OC/C=C\CCCSCCCC(=O)OC. The first-order valence-electron chi connectivity index (χ1n) is 8.61. The topological polar surface area (TPSA) is 35.5 Å². The number of methoxy groups -OCH3 is 1. The Kier molecular flexibility index (Phi) is 16.5. The molecule has 4 heteroatoms. The van der Waals surface area contributed by atoms with Gasteiger partial charge in [0, 0.05) is 6.42 Å². The van der Waals surface area contributed by atoms with Gasteiger partial charge in [-0.05, 0) is 44.1 Å². The van der Waals surface area contributed by atoms with Crippen LogP contribution in [-0.4, -0.2) is 37.3 Å². The van der Waals surface area contributed by atoms with Gasteiger partial charge in [0.1, 0.15) is 0 Å². The number of allylic oxidation sites excluding steroid dienone is 1. The van der Waals surface area contributed by atoms with Crippen LogP contribution in [0, 0.1) is 0 Å². The molecule has 0 amide bonds. The second-order valence-corrected chi connectivity index (χ2v) is 6.77. The minimum atomic E-state index is -0.104. The van der Waals surface area contributed by atoms with E-state index in [2.05, 4.69) is 30.7 Å². The Morgan fingerprint density at radius 2 is 1.91 bits per heavy atom. The first-order valence-corrected chi connectivity index (χ1v) is 9.77. The van der Waals surface area contributed by atoms with Gasteiger partial charge in [0.15, 0.2) is 0 Å². The molecule has 130 valence electrons. The van der Waals surface area contributed by atoms with Crippen LogP contribution in [0.4, 0.5) is 0 Å². The summed E-state index contributed by atoms with van der Waals surface area (Å²) >= 11 is 1.91. The van der Waals surface area contributed by atoms with Gasteiger partial charge in [0.25, 0.3) is 0 Å². The third kappa shape index (κ3) is 15.9. The number of carbonyl (C=O) groups is 1. The highest BCUT2D eigenvalue weighted by atomic mass is 32.2. The predicted molar refractivity (Wildman–Crippen MR) is 96.5 cm³/mol. The average Bonchev–Trinajstić information content (AvgIpc) is 2.52. The molecule has 0 saturated carbocycles. The summed E-state index contributed by atoms with van der Waals surface area (Å²) < 4.78 is 10.4. The summed E-state index contributed by atoms with van der Waals surface area (Å²) in [6, 6.07) is 0. The van der Waals surface area contributed by atoms with Gasteiger partial charge in [-0.1, -0.05) is 38.3 Å². The molecule has 1 atom stereocenters. The lowest BCUT2D eigenvalue weighted by atomic mass is 10.1. The van der Waals surface area contributed by atoms with Gasteiger partial charge in [0.2, 0.25) is 0 Å². The number of thioether (sulfide) groups is 1. The molecule has 0 rings (SSSR count). The molecule has 0 bridgehead atoms. The summed E-state index contributed by atoms with van der Waals surface area (Å²) in [5, 5.41) is 0. The van der Waals surface area contributed by atoms with E-state index in [1.165, 1.54) is 39.2 Å². The predicted octanol–water partition coefficient (Wildman–Crippen LogP) is 4.99. The van der Waals surface area contributed by atoms with Crippen LogP contribution in [0.3, 0.4) is 0 Å². The Bertz CT molecular complexity index is 280. The van der Waals surface area contributed by atoms with Crippen LogP contribution in [-0.2, 0) is 14.3 Å². The molecular formula is C18H34O3S. The Balaban J connectivity index is 3.25. The molecule has 0 aliphatic heterocycles. The molecule has 0 saturated heterocycles. The van der Waals surface area contributed by atoms with Gasteiger partial charge >= 0.3 is 5.97 Å². The summed E-state index contributed by atoms with van der Waals surface area (Å²) in [6.07, 6.45) is 13.5. The average molecular weight is 331 g/mol. The first-order chi connectivity index (χ1) is 10.7. The van der Waals surface area contributed by atoms with Gasteiger partial charge in [-0.2, -0.15) is 11.8 Å². The van der Waals surface area contributed by atoms with Gasteiger partial charge in [-0.25, -0.2) is 0 Å². The Hall–Kier alpha value is -0.480. The number of hydrogen-bond acceptors (Lipinski definition) is 4.